The van der Waals surface area contributed by atoms with Crippen LogP contribution in [-0.4, -0.2) is 59.0 Å². The second kappa shape index (κ2) is 5.36. The van der Waals surface area contributed by atoms with E-state index in [1.807, 2.05) is 4.90 Å². The number of likely N-dealkylation sites (tertiary alicyclic amines) is 2. The first kappa shape index (κ1) is 14.1. The van der Waals surface area contributed by atoms with Crippen molar-refractivity contribution in [3.8, 4) is 0 Å². The minimum atomic E-state index is -0.936. The molecule has 0 aromatic heterocycles. The van der Waals surface area contributed by atoms with Gasteiger partial charge in [-0.25, -0.2) is 0 Å². The Morgan fingerprint density at radius 2 is 1.95 bits per heavy atom. The van der Waals surface area contributed by atoms with E-state index >= 15 is 0 Å². The minimum Gasteiger partial charge on any atom is -0.409 e. The van der Waals surface area contributed by atoms with Gasteiger partial charge in [0.15, 0.2) is 5.84 Å². The average molecular weight is 268 g/mol. The Hall–Kier alpha value is -1.30. The third-order valence-corrected chi connectivity index (χ3v) is 4.39. The van der Waals surface area contributed by atoms with Gasteiger partial charge in [0.1, 0.15) is 5.41 Å². The number of rotatable bonds is 3. The van der Waals surface area contributed by atoms with Gasteiger partial charge in [-0.3, -0.25) is 9.69 Å². The van der Waals surface area contributed by atoms with Crippen molar-refractivity contribution in [3.05, 3.63) is 0 Å². The maximum Gasteiger partial charge on any atom is 0.236 e. The molecule has 0 spiro atoms. The number of carbonyl (C=O) groups is 1. The predicted octanol–water partition coefficient (Wildman–Crippen LogP) is 0.456. The van der Waals surface area contributed by atoms with Gasteiger partial charge in [0.2, 0.25) is 5.91 Å². The summed E-state index contributed by atoms with van der Waals surface area (Å²) in [4.78, 5) is 16.8. The van der Waals surface area contributed by atoms with Crippen molar-refractivity contribution in [1.29, 1.82) is 0 Å². The fraction of sp³-hybridized carbons (Fsp3) is 0.846. The zero-order valence-electron chi connectivity index (χ0n) is 11.8. The van der Waals surface area contributed by atoms with Crippen molar-refractivity contribution in [2.24, 2.45) is 16.3 Å². The molecule has 0 bridgehead atoms. The lowest BCUT2D eigenvalue weighted by atomic mass is 9.90. The van der Waals surface area contributed by atoms with Crippen LogP contribution in [0.1, 0.15) is 33.1 Å². The van der Waals surface area contributed by atoms with Gasteiger partial charge in [0.25, 0.3) is 0 Å². The standard InChI is InChI=1S/C13H24N4O2/c1-13(2,11(14)15-19)12(18)17-8-5-10(9-17)16-6-3-4-7-16/h10,19H,3-9H2,1-2H3,(H2,14,15). The van der Waals surface area contributed by atoms with E-state index in [2.05, 4.69) is 10.1 Å². The number of nitrogens with two attached hydrogens (primary N) is 1. The van der Waals surface area contributed by atoms with Gasteiger partial charge in [0, 0.05) is 19.1 Å². The summed E-state index contributed by atoms with van der Waals surface area (Å²) in [5, 5.41) is 11.8. The van der Waals surface area contributed by atoms with Crippen LogP contribution >= 0.6 is 0 Å². The first-order chi connectivity index (χ1) is 8.96. The van der Waals surface area contributed by atoms with Crippen molar-refractivity contribution in [3.63, 3.8) is 0 Å². The fourth-order valence-electron chi connectivity index (χ4n) is 2.96. The zero-order valence-corrected chi connectivity index (χ0v) is 11.8. The Kier molecular flexibility index (Phi) is 3.99. The molecule has 2 saturated heterocycles. The van der Waals surface area contributed by atoms with Crippen molar-refractivity contribution >= 4 is 11.7 Å². The summed E-state index contributed by atoms with van der Waals surface area (Å²) in [5.74, 6) is -0.0772. The van der Waals surface area contributed by atoms with Crippen molar-refractivity contribution < 1.29 is 10.0 Å². The molecule has 1 amide bonds. The molecule has 108 valence electrons. The largest absolute Gasteiger partial charge is 0.409 e. The lowest BCUT2D eigenvalue weighted by Crippen LogP contribution is -2.48. The van der Waals surface area contributed by atoms with Gasteiger partial charge in [-0.1, -0.05) is 5.16 Å². The average Bonchev–Trinajstić information content (AvgIpc) is 3.06. The summed E-state index contributed by atoms with van der Waals surface area (Å²) in [7, 11) is 0. The number of nitrogens with zero attached hydrogens (tertiary/aromatic N) is 3. The highest BCUT2D eigenvalue weighted by Gasteiger charge is 2.40. The zero-order chi connectivity index (χ0) is 14.0. The molecule has 3 N–H and O–H groups in total. The molecule has 2 fully saturated rings. The minimum absolute atomic E-state index is 0.0258. The molecule has 2 aliphatic rings. The van der Waals surface area contributed by atoms with Crippen molar-refractivity contribution in [1.82, 2.24) is 9.80 Å². The molecular weight excluding hydrogens is 244 g/mol. The SMILES string of the molecule is CC(C)(C(=O)N1CCC(N2CCCC2)C1)C(N)=NO. The Balaban J connectivity index is 1.98. The normalized spacial score (nSPS) is 26.1. The van der Waals surface area contributed by atoms with Crippen LogP contribution < -0.4 is 5.73 Å². The number of amidine groups is 1. The monoisotopic (exact) mass is 268 g/mol. The van der Waals surface area contributed by atoms with Crippen LogP contribution in [0.25, 0.3) is 0 Å². The summed E-state index contributed by atoms with van der Waals surface area (Å²) in [6.45, 7) is 7.23. The molecule has 0 aromatic rings. The smallest absolute Gasteiger partial charge is 0.236 e. The molecule has 2 rings (SSSR count). The molecule has 19 heavy (non-hydrogen) atoms. The summed E-state index contributed by atoms with van der Waals surface area (Å²) in [5.41, 5.74) is 4.68. The number of oxime groups is 1. The summed E-state index contributed by atoms with van der Waals surface area (Å²) >= 11 is 0. The number of hydrogen-bond acceptors (Lipinski definition) is 4. The Morgan fingerprint density at radius 3 is 2.53 bits per heavy atom. The molecule has 1 atom stereocenters. The van der Waals surface area contributed by atoms with Gasteiger partial charge in [-0.05, 0) is 46.2 Å². The van der Waals surface area contributed by atoms with E-state index in [0.717, 1.165) is 32.6 Å². The molecule has 0 radical (unpaired) electrons. The van der Waals surface area contributed by atoms with Crippen LogP contribution in [0.15, 0.2) is 5.16 Å². The van der Waals surface area contributed by atoms with E-state index in [9.17, 15) is 4.79 Å². The van der Waals surface area contributed by atoms with Crippen molar-refractivity contribution in [2.45, 2.75) is 39.2 Å². The van der Waals surface area contributed by atoms with Crippen molar-refractivity contribution in [2.75, 3.05) is 26.2 Å². The van der Waals surface area contributed by atoms with Crippen LogP contribution in [0.4, 0.5) is 0 Å². The number of hydrogen-bond donors (Lipinski definition) is 2. The van der Waals surface area contributed by atoms with Gasteiger partial charge >= 0.3 is 0 Å². The molecule has 6 heteroatoms. The maximum atomic E-state index is 12.5. The fourth-order valence-corrected chi connectivity index (χ4v) is 2.96. The van der Waals surface area contributed by atoms with Crippen LogP contribution in [0.2, 0.25) is 0 Å². The first-order valence-electron chi connectivity index (χ1n) is 6.98. The van der Waals surface area contributed by atoms with Crippen LogP contribution in [0, 0.1) is 5.41 Å². The second-order valence-electron chi connectivity index (χ2n) is 6.05. The summed E-state index contributed by atoms with van der Waals surface area (Å²) in [6, 6.07) is 0.481. The lowest BCUT2D eigenvalue weighted by molar-refractivity contribution is -0.136. The predicted molar refractivity (Wildman–Crippen MR) is 73.0 cm³/mol. The highest BCUT2D eigenvalue weighted by Crippen LogP contribution is 2.25. The quantitative estimate of drug-likeness (QED) is 0.337. The first-order valence-corrected chi connectivity index (χ1v) is 6.98. The van der Waals surface area contributed by atoms with Gasteiger partial charge in [-0.15, -0.1) is 0 Å². The number of carbonyl (C=O) groups excluding carboxylic acids is 1. The Morgan fingerprint density at radius 1 is 1.32 bits per heavy atom. The second-order valence-corrected chi connectivity index (χ2v) is 6.05. The third-order valence-electron chi connectivity index (χ3n) is 4.39. The van der Waals surface area contributed by atoms with E-state index < -0.39 is 5.41 Å². The van der Waals surface area contributed by atoms with E-state index in [1.54, 1.807) is 13.8 Å². The third kappa shape index (κ3) is 2.68. The van der Waals surface area contributed by atoms with Crippen LogP contribution in [0.3, 0.4) is 0 Å². The molecule has 0 aliphatic carbocycles. The molecule has 6 nitrogen and oxygen atoms in total. The molecule has 0 saturated carbocycles. The van der Waals surface area contributed by atoms with E-state index in [-0.39, 0.29) is 11.7 Å². The summed E-state index contributed by atoms with van der Waals surface area (Å²) in [6.07, 6.45) is 3.55. The molecule has 1 unspecified atom stereocenters. The summed E-state index contributed by atoms with van der Waals surface area (Å²) < 4.78 is 0. The molecule has 2 heterocycles. The topological polar surface area (TPSA) is 82.2 Å². The van der Waals surface area contributed by atoms with E-state index in [4.69, 9.17) is 10.9 Å². The van der Waals surface area contributed by atoms with E-state index in [0.29, 0.717) is 6.04 Å². The lowest BCUT2D eigenvalue weighted by Gasteiger charge is -2.29. The van der Waals surface area contributed by atoms with E-state index in [1.165, 1.54) is 12.8 Å². The van der Waals surface area contributed by atoms with Gasteiger partial charge in [-0.2, -0.15) is 0 Å². The Bertz CT molecular complexity index is 375. The van der Waals surface area contributed by atoms with Crippen LogP contribution in [0.5, 0.6) is 0 Å². The van der Waals surface area contributed by atoms with Gasteiger partial charge < -0.3 is 15.8 Å². The highest BCUT2D eigenvalue weighted by atomic mass is 16.4. The number of amides is 1. The maximum absolute atomic E-state index is 12.5. The molecule has 2 aliphatic heterocycles. The molecule has 0 aromatic carbocycles. The molecular formula is C13H24N4O2. The Labute approximate surface area is 114 Å². The van der Waals surface area contributed by atoms with Crippen LogP contribution in [-0.2, 0) is 4.79 Å². The van der Waals surface area contributed by atoms with Gasteiger partial charge in [0.05, 0.1) is 0 Å². The highest BCUT2D eigenvalue weighted by molar-refractivity contribution is 6.05.